The molecule has 3 N–H and O–H groups in total. The SMILES string of the molecule is NCc1cs[nH]c1=O. The predicted octanol–water partition coefficient (Wildman–Crippen LogP) is -0.105. The summed E-state index contributed by atoms with van der Waals surface area (Å²) in [5, 5.41) is 1.72. The number of nitrogens with two attached hydrogens (primary N) is 1. The number of hydrogen-bond donors (Lipinski definition) is 2. The molecule has 4 heteroatoms. The lowest BCUT2D eigenvalue weighted by molar-refractivity contribution is 1.05. The van der Waals surface area contributed by atoms with Crippen molar-refractivity contribution in [1.82, 2.24) is 4.37 Å². The molecule has 0 radical (unpaired) electrons. The lowest BCUT2D eigenvalue weighted by Crippen LogP contribution is -2.08. The molecular weight excluding hydrogens is 124 g/mol. The molecule has 0 saturated carbocycles. The molecule has 3 nitrogen and oxygen atoms in total. The van der Waals surface area contributed by atoms with Gasteiger partial charge in [-0.05, 0) is 0 Å². The minimum absolute atomic E-state index is 0.0579. The van der Waals surface area contributed by atoms with E-state index >= 15 is 0 Å². The lowest BCUT2D eigenvalue weighted by atomic mass is 10.4. The second-order valence-electron chi connectivity index (χ2n) is 1.40. The molecule has 0 atom stereocenters. The summed E-state index contributed by atoms with van der Waals surface area (Å²) in [5.41, 5.74) is 5.79. The molecule has 8 heavy (non-hydrogen) atoms. The zero-order chi connectivity index (χ0) is 5.98. The van der Waals surface area contributed by atoms with Crippen LogP contribution in [0.25, 0.3) is 0 Å². The van der Waals surface area contributed by atoms with Crippen LogP contribution in [-0.4, -0.2) is 4.37 Å². The van der Waals surface area contributed by atoms with Crippen LogP contribution < -0.4 is 11.3 Å². The Kier molecular flexibility index (Phi) is 1.45. The van der Waals surface area contributed by atoms with Crippen molar-refractivity contribution in [3.8, 4) is 0 Å². The van der Waals surface area contributed by atoms with E-state index in [4.69, 9.17) is 5.73 Å². The average molecular weight is 130 g/mol. The maximum absolute atomic E-state index is 10.5. The molecule has 1 aromatic rings. The Bertz CT molecular complexity index is 214. The van der Waals surface area contributed by atoms with Gasteiger partial charge in [0, 0.05) is 17.5 Å². The third-order valence-electron chi connectivity index (χ3n) is 0.864. The topological polar surface area (TPSA) is 58.9 Å². The van der Waals surface area contributed by atoms with Gasteiger partial charge < -0.3 is 5.73 Å². The van der Waals surface area contributed by atoms with Crippen molar-refractivity contribution in [2.24, 2.45) is 5.73 Å². The highest BCUT2D eigenvalue weighted by atomic mass is 32.1. The minimum atomic E-state index is -0.0579. The van der Waals surface area contributed by atoms with E-state index in [1.807, 2.05) is 0 Å². The van der Waals surface area contributed by atoms with Gasteiger partial charge in [0.25, 0.3) is 5.56 Å². The molecule has 44 valence electrons. The number of nitrogens with one attached hydrogen (secondary N) is 1. The van der Waals surface area contributed by atoms with E-state index in [0.29, 0.717) is 12.1 Å². The van der Waals surface area contributed by atoms with E-state index in [0.717, 1.165) is 0 Å². The largest absolute Gasteiger partial charge is 0.326 e. The first kappa shape index (κ1) is 5.53. The molecule has 1 aromatic heterocycles. The number of rotatable bonds is 1. The zero-order valence-corrected chi connectivity index (χ0v) is 4.99. The van der Waals surface area contributed by atoms with Crippen molar-refractivity contribution < 1.29 is 0 Å². The van der Waals surface area contributed by atoms with Crippen molar-refractivity contribution in [3.63, 3.8) is 0 Å². The molecule has 0 aliphatic rings. The van der Waals surface area contributed by atoms with Crippen LogP contribution >= 0.6 is 11.5 Å². The fourth-order valence-corrected chi connectivity index (χ4v) is 1.06. The Labute approximate surface area is 50.3 Å². The summed E-state index contributed by atoms with van der Waals surface area (Å²) in [6, 6.07) is 0. The molecule has 0 amide bonds. The van der Waals surface area contributed by atoms with E-state index in [9.17, 15) is 4.79 Å². The Balaban J connectivity index is 3.11. The fraction of sp³-hybridized carbons (Fsp3) is 0.250. The van der Waals surface area contributed by atoms with Gasteiger partial charge in [-0.25, -0.2) is 0 Å². The minimum Gasteiger partial charge on any atom is -0.326 e. The maximum Gasteiger partial charge on any atom is 0.262 e. The number of hydrogen-bond acceptors (Lipinski definition) is 3. The summed E-state index contributed by atoms with van der Waals surface area (Å²) in [6.07, 6.45) is 0. The molecule has 1 heterocycles. The Morgan fingerprint density at radius 1 is 1.88 bits per heavy atom. The summed E-state index contributed by atoms with van der Waals surface area (Å²) in [6.45, 7) is 0.332. The zero-order valence-electron chi connectivity index (χ0n) is 4.18. The van der Waals surface area contributed by atoms with E-state index in [-0.39, 0.29) is 5.56 Å². The Morgan fingerprint density at radius 3 is 2.88 bits per heavy atom. The highest BCUT2D eigenvalue weighted by Gasteiger charge is 1.93. The number of H-pyrrole nitrogens is 1. The van der Waals surface area contributed by atoms with Crippen LogP contribution in [0.5, 0.6) is 0 Å². The fourth-order valence-electron chi connectivity index (χ4n) is 0.414. The maximum atomic E-state index is 10.5. The molecule has 0 aliphatic heterocycles. The first-order valence-electron chi connectivity index (χ1n) is 2.19. The van der Waals surface area contributed by atoms with Crippen LogP contribution in [0.1, 0.15) is 5.56 Å². The van der Waals surface area contributed by atoms with Gasteiger partial charge in [-0.15, -0.1) is 0 Å². The van der Waals surface area contributed by atoms with Crippen molar-refractivity contribution in [2.75, 3.05) is 0 Å². The van der Waals surface area contributed by atoms with Gasteiger partial charge in [0.2, 0.25) is 0 Å². The quantitative estimate of drug-likeness (QED) is 0.557. The van der Waals surface area contributed by atoms with Gasteiger partial charge in [0.1, 0.15) is 0 Å². The highest BCUT2D eigenvalue weighted by molar-refractivity contribution is 7.03. The van der Waals surface area contributed by atoms with Crippen LogP contribution in [0.15, 0.2) is 10.2 Å². The molecule has 0 spiro atoms. The summed E-state index contributed by atoms with van der Waals surface area (Å²) >= 11 is 1.27. The monoisotopic (exact) mass is 130 g/mol. The Morgan fingerprint density at radius 2 is 2.62 bits per heavy atom. The van der Waals surface area contributed by atoms with Gasteiger partial charge in [-0.1, -0.05) is 11.5 Å². The highest BCUT2D eigenvalue weighted by Crippen LogP contribution is 1.90. The first-order valence-corrected chi connectivity index (χ1v) is 3.07. The van der Waals surface area contributed by atoms with Gasteiger partial charge in [0.15, 0.2) is 0 Å². The molecular formula is C4H6N2OS. The smallest absolute Gasteiger partial charge is 0.262 e. The standard InChI is InChI=1S/C4H6N2OS/c5-1-3-2-8-6-4(3)7/h2H,1,5H2,(H,6,7). The van der Waals surface area contributed by atoms with Gasteiger partial charge >= 0.3 is 0 Å². The molecule has 0 aliphatic carbocycles. The van der Waals surface area contributed by atoms with Gasteiger partial charge in [-0.3, -0.25) is 9.17 Å². The van der Waals surface area contributed by atoms with Crippen molar-refractivity contribution >= 4 is 11.5 Å². The van der Waals surface area contributed by atoms with E-state index in [2.05, 4.69) is 4.37 Å². The third-order valence-corrected chi connectivity index (χ3v) is 1.57. The second kappa shape index (κ2) is 2.11. The molecule has 0 aromatic carbocycles. The summed E-state index contributed by atoms with van der Waals surface area (Å²) in [5.74, 6) is 0. The molecule has 0 fully saturated rings. The van der Waals surface area contributed by atoms with E-state index in [1.165, 1.54) is 11.5 Å². The molecule has 0 unspecified atom stereocenters. The van der Waals surface area contributed by atoms with Crippen LogP contribution in [0.4, 0.5) is 0 Å². The first-order chi connectivity index (χ1) is 3.84. The summed E-state index contributed by atoms with van der Waals surface area (Å²) in [7, 11) is 0. The summed E-state index contributed by atoms with van der Waals surface area (Å²) < 4.78 is 2.53. The van der Waals surface area contributed by atoms with Crippen LogP contribution in [0, 0.1) is 0 Å². The van der Waals surface area contributed by atoms with Crippen molar-refractivity contribution in [2.45, 2.75) is 6.54 Å². The van der Waals surface area contributed by atoms with Crippen molar-refractivity contribution in [1.29, 1.82) is 0 Å². The number of aromatic nitrogens is 1. The van der Waals surface area contributed by atoms with Crippen LogP contribution in [-0.2, 0) is 6.54 Å². The summed E-state index contributed by atoms with van der Waals surface area (Å²) in [4.78, 5) is 10.5. The number of aromatic amines is 1. The van der Waals surface area contributed by atoms with Crippen LogP contribution in [0.3, 0.4) is 0 Å². The normalized spacial score (nSPS) is 9.62. The van der Waals surface area contributed by atoms with Gasteiger partial charge in [0.05, 0.1) is 0 Å². The lowest BCUT2D eigenvalue weighted by Gasteiger charge is -1.77. The van der Waals surface area contributed by atoms with E-state index in [1.54, 1.807) is 5.38 Å². The predicted molar refractivity (Wildman–Crippen MR) is 32.8 cm³/mol. The van der Waals surface area contributed by atoms with Crippen molar-refractivity contribution in [3.05, 3.63) is 21.3 Å². The van der Waals surface area contributed by atoms with Crippen LogP contribution in [0.2, 0.25) is 0 Å². The second-order valence-corrected chi connectivity index (χ2v) is 2.07. The third kappa shape index (κ3) is 0.801. The Hall–Kier alpha value is -0.610. The average Bonchev–Trinajstić information content (AvgIpc) is 2.14. The molecule has 0 saturated heterocycles. The molecule has 1 rings (SSSR count). The molecule has 0 bridgehead atoms. The van der Waals surface area contributed by atoms with E-state index < -0.39 is 0 Å². The van der Waals surface area contributed by atoms with Gasteiger partial charge in [-0.2, -0.15) is 0 Å².